The molecular formula is C14H18BrNO3. The molecule has 4 nitrogen and oxygen atoms in total. The third kappa shape index (κ3) is 3.16. The highest BCUT2D eigenvalue weighted by Gasteiger charge is 2.27. The Kier molecular flexibility index (Phi) is 4.60. The van der Waals surface area contributed by atoms with Crippen LogP contribution in [0.3, 0.4) is 0 Å². The Morgan fingerprint density at radius 3 is 2.95 bits per heavy atom. The van der Waals surface area contributed by atoms with Gasteiger partial charge in [0.2, 0.25) is 0 Å². The molecule has 2 rings (SSSR count). The van der Waals surface area contributed by atoms with Crippen molar-refractivity contribution in [3.05, 3.63) is 28.2 Å². The normalized spacial score (nSPS) is 23.5. The molecule has 0 spiro atoms. The number of ketones is 1. The van der Waals surface area contributed by atoms with E-state index in [2.05, 4.69) is 27.8 Å². The molecule has 0 saturated carbocycles. The number of ether oxygens (including phenoxy) is 1. The fraction of sp³-hybridized carbons (Fsp3) is 0.500. The van der Waals surface area contributed by atoms with Gasteiger partial charge in [0.1, 0.15) is 0 Å². The molecular weight excluding hydrogens is 310 g/mol. The molecule has 1 saturated heterocycles. The summed E-state index contributed by atoms with van der Waals surface area (Å²) >= 11 is 3.39. The number of Topliss-reactive ketones (excluding diaryl/α,β-unsaturated/α-hetero) is 1. The lowest BCUT2D eigenvalue weighted by Gasteiger charge is -2.39. The van der Waals surface area contributed by atoms with Crippen molar-refractivity contribution in [2.24, 2.45) is 0 Å². The minimum Gasteiger partial charge on any atom is -0.394 e. The number of morpholine rings is 1. The van der Waals surface area contributed by atoms with E-state index >= 15 is 0 Å². The summed E-state index contributed by atoms with van der Waals surface area (Å²) in [5.41, 5.74) is 1.60. The van der Waals surface area contributed by atoms with Crippen LogP contribution in [0.15, 0.2) is 22.7 Å². The second-order valence-electron chi connectivity index (χ2n) is 4.86. The van der Waals surface area contributed by atoms with Gasteiger partial charge in [0.05, 0.1) is 19.3 Å². The zero-order chi connectivity index (χ0) is 14.0. The molecule has 2 unspecified atom stereocenters. The van der Waals surface area contributed by atoms with Crippen LogP contribution in [0, 0.1) is 0 Å². The lowest BCUT2D eigenvalue weighted by atomic mass is 10.1. The van der Waals surface area contributed by atoms with Gasteiger partial charge < -0.3 is 14.7 Å². The van der Waals surface area contributed by atoms with E-state index in [4.69, 9.17) is 4.74 Å². The van der Waals surface area contributed by atoms with Gasteiger partial charge in [-0.1, -0.05) is 15.9 Å². The molecule has 0 bridgehead atoms. The van der Waals surface area contributed by atoms with Crippen molar-refractivity contribution in [1.29, 1.82) is 0 Å². The molecule has 1 fully saturated rings. The SMILES string of the molecule is CC(=O)c1cc(Br)ccc1N1CC(CO)OCC1C. The molecule has 19 heavy (non-hydrogen) atoms. The number of carbonyl (C=O) groups is 1. The first kappa shape index (κ1) is 14.5. The fourth-order valence-electron chi connectivity index (χ4n) is 2.30. The summed E-state index contributed by atoms with van der Waals surface area (Å²) in [5, 5.41) is 9.24. The van der Waals surface area contributed by atoms with Crippen LogP contribution >= 0.6 is 15.9 Å². The van der Waals surface area contributed by atoms with Crippen molar-refractivity contribution in [2.45, 2.75) is 26.0 Å². The Hall–Kier alpha value is -0.910. The van der Waals surface area contributed by atoms with Gasteiger partial charge in [0.15, 0.2) is 5.78 Å². The third-order valence-electron chi connectivity index (χ3n) is 3.36. The number of benzene rings is 1. The van der Waals surface area contributed by atoms with E-state index in [9.17, 15) is 9.90 Å². The minimum absolute atomic E-state index is 0.00481. The summed E-state index contributed by atoms with van der Waals surface area (Å²) in [6.45, 7) is 4.77. The van der Waals surface area contributed by atoms with E-state index in [0.717, 1.165) is 10.2 Å². The van der Waals surface area contributed by atoms with Gasteiger partial charge in [-0.25, -0.2) is 0 Å². The maximum atomic E-state index is 11.8. The average Bonchev–Trinajstić information content (AvgIpc) is 2.39. The van der Waals surface area contributed by atoms with Gasteiger partial charge in [0.25, 0.3) is 0 Å². The van der Waals surface area contributed by atoms with Crippen LogP contribution in [0.4, 0.5) is 5.69 Å². The smallest absolute Gasteiger partial charge is 0.161 e. The van der Waals surface area contributed by atoms with Crippen molar-refractivity contribution in [1.82, 2.24) is 0 Å². The van der Waals surface area contributed by atoms with Crippen molar-refractivity contribution in [2.75, 3.05) is 24.7 Å². The number of aliphatic hydroxyl groups excluding tert-OH is 1. The van der Waals surface area contributed by atoms with Crippen molar-refractivity contribution in [3.63, 3.8) is 0 Å². The lowest BCUT2D eigenvalue weighted by molar-refractivity contribution is -0.0103. The largest absolute Gasteiger partial charge is 0.394 e. The summed E-state index contributed by atoms with van der Waals surface area (Å²) in [4.78, 5) is 13.9. The Balaban J connectivity index is 2.36. The Labute approximate surface area is 121 Å². The molecule has 1 heterocycles. The molecule has 0 radical (unpaired) electrons. The zero-order valence-electron chi connectivity index (χ0n) is 11.1. The Morgan fingerprint density at radius 2 is 2.32 bits per heavy atom. The number of halogens is 1. The molecule has 1 aromatic carbocycles. The quantitative estimate of drug-likeness (QED) is 0.865. The first-order valence-corrected chi connectivity index (χ1v) is 7.11. The molecule has 0 aliphatic carbocycles. The van der Waals surface area contributed by atoms with Crippen LogP contribution in [0.1, 0.15) is 24.2 Å². The summed E-state index contributed by atoms with van der Waals surface area (Å²) < 4.78 is 6.42. The summed E-state index contributed by atoms with van der Waals surface area (Å²) in [7, 11) is 0. The number of rotatable bonds is 3. The second-order valence-corrected chi connectivity index (χ2v) is 5.77. The molecule has 1 aromatic rings. The van der Waals surface area contributed by atoms with Crippen LogP contribution in [0.5, 0.6) is 0 Å². The van der Waals surface area contributed by atoms with Gasteiger partial charge in [-0.3, -0.25) is 4.79 Å². The topological polar surface area (TPSA) is 49.8 Å². The first-order valence-electron chi connectivity index (χ1n) is 6.32. The van der Waals surface area contributed by atoms with E-state index < -0.39 is 0 Å². The highest BCUT2D eigenvalue weighted by Crippen LogP contribution is 2.28. The summed E-state index contributed by atoms with van der Waals surface area (Å²) in [5.74, 6) is 0.0375. The van der Waals surface area contributed by atoms with Crippen LogP contribution < -0.4 is 4.90 Å². The van der Waals surface area contributed by atoms with E-state index in [0.29, 0.717) is 18.7 Å². The highest BCUT2D eigenvalue weighted by atomic mass is 79.9. The lowest BCUT2D eigenvalue weighted by Crippen LogP contribution is -2.50. The second kappa shape index (κ2) is 6.03. The predicted octanol–water partition coefficient (Wildman–Crippen LogP) is 2.24. The highest BCUT2D eigenvalue weighted by molar-refractivity contribution is 9.10. The molecule has 1 aliphatic heterocycles. The number of nitrogens with zero attached hydrogens (tertiary/aromatic N) is 1. The first-order chi connectivity index (χ1) is 9.02. The number of anilines is 1. The van der Waals surface area contributed by atoms with Gasteiger partial charge in [-0.15, -0.1) is 0 Å². The molecule has 1 aliphatic rings. The molecule has 5 heteroatoms. The van der Waals surface area contributed by atoms with Crippen LogP contribution in [-0.4, -0.2) is 42.8 Å². The van der Waals surface area contributed by atoms with E-state index in [1.807, 2.05) is 18.2 Å². The van der Waals surface area contributed by atoms with Crippen LogP contribution in [0.2, 0.25) is 0 Å². The minimum atomic E-state index is -0.195. The summed E-state index contributed by atoms with van der Waals surface area (Å²) in [6, 6.07) is 5.89. The average molecular weight is 328 g/mol. The number of aliphatic hydroxyl groups is 1. The van der Waals surface area contributed by atoms with E-state index in [-0.39, 0.29) is 24.5 Å². The number of hydrogen-bond acceptors (Lipinski definition) is 4. The van der Waals surface area contributed by atoms with Crippen molar-refractivity contribution >= 4 is 27.4 Å². The van der Waals surface area contributed by atoms with E-state index in [1.165, 1.54) is 0 Å². The van der Waals surface area contributed by atoms with Crippen molar-refractivity contribution < 1.29 is 14.6 Å². The maximum absolute atomic E-state index is 11.8. The monoisotopic (exact) mass is 327 g/mol. The van der Waals surface area contributed by atoms with Gasteiger partial charge in [-0.2, -0.15) is 0 Å². The summed E-state index contributed by atoms with van der Waals surface area (Å²) in [6.07, 6.45) is -0.195. The van der Waals surface area contributed by atoms with Crippen LogP contribution in [-0.2, 0) is 4.74 Å². The molecule has 0 amide bonds. The Bertz CT molecular complexity index is 478. The van der Waals surface area contributed by atoms with E-state index in [1.54, 1.807) is 6.92 Å². The van der Waals surface area contributed by atoms with Crippen molar-refractivity contribution in [3.8, 4) is 0 Å². The Morgan fingerprint density at radius 1 is 1.58 bits per heavy atom. The number of carbonyl (C=O) groups excluding carboxylic acids is 1. The zero-order valence-corrected chi connectivity index (χ0v) is 12.7. The molecule has 0 aromatic heterocycles. The molecule has 1 N–H and O–H groups in total. The molecule has 104 valence electrons. The third-order valence-corrected chi connectivity index (χ3v) is 3.85. The standard InChI is InChI=1S/C14H18BrNO3/c1-9-8-19-12(7-17)6-16(9)14-4-3-11(15)5-13(14)10(2)18/h3-5,9,12,17H,6-8H2,1-2H3. The fourth-order valence-corrected chi connectivity index (χ4v) is 2.67. The number of hydrogen-bond donors (Lipinski definition) is 1. The van der Waals surface area contributed by atoms with Gasteiger partial charge in [-0.05, 0) is 32.0 Å². The van der Waals surface area contributed by atoms with Gasteiger partial charge in [0, 0.05) is 28.3 Å². The predicted molar refractivity (Wildman–Crippen MR) is 77.8 cm³/mol. The van der Waals surface area contributed by atoms with Crippen LogP contribution in [0.25, 0.3) is 0 Å². The maximum Gasteiger partial charge on any atom is 0.161 e. The molecule has 2 atom stereocenters. The van der Waals surface area contributed by atoms with Gasteiger partial charge >= 0.3 is 0 Å².